The third-order valence-electron chi connectivity index (χ3n) is 4.27. The number of furan rings is 1. The maximum Gasteiger partial charge on any atom is 0.117 e. The highest BCUT2D eigenvalue weighted by molar-refractivity contribution is 7.09. The highest BCUT2D eigenvalue weighted by atomic mass is 35.5. The van der Waals surface area contributed by atoms with Crippen molar-refractivity contribution >= 4 is 22.9 Å². The summed E-state index contributed by atoms with van der Waals surface area (Å²) in [6.45, 7) is 4.16. The Morgan fingerprint density at radius 1 is 1.15 bits per heavy atom. The number of nitrogens with zero attached hydrogens (tertiary/aromatic N) is 1. The molecule has 0 aliphatic heterocycles. The third-order valence-corrected chi connectivity index (χ3v) is 5.38. The predicted molar refractivity (Wildman–Crippen MR) is 109 cm³/mol. The smallest absolute Gasteiger partial charge is 0.117 e. The molecule has 0 saturated carbocycles. The zero-order valence-electron chi connectivity index (χ0n) is 15.3. The molecular weight excluding hydrogens is 382 g/mol. The van der Waals surface area contributed by atoms with Gasteiger partial charge in [-0.05, 0) is 48.2 Å². The fourth-order valence-corrected chi connectivity index (χ4v) is 3.74. The molecule has 0 amide bonds. The first-order valence-corrected chi connectivity index (χ1v) is 10.2. The molecular formula is C21H24ClNO3S. The minimum atomic E-state index is -0.588. The quantitative estimate of drug-likeness (QED) is 0.507. The van der Waals surface area contributed by atoms with Gasteiger partial charge in [-0.1, -0.05) is 29.8 Å². The molecule has 144 valence electrons. The van der Waals surface area contributed by atoms with Crippen molar-refractivity contribution in [1.82, 2.24) is 4.90 Å². The minimum Gasteiger partial charge on any atom is -0.468 e. The molecule has 0 saturated heterocycles. The fraction of sp³-hybridized carbons (Fsp3) is 0.333. The van der Waals surface area contributed by atoms with E-state index in [9.17, 15) is 5.11 Å². The van der Waals surface area contributed by atoms with E-state index in [1.54, 1.807) is 17.6 Å². The van der Waals surface area contributed by atoms with Crippen molar-refractivity contribution in [1.29, 1.82) is 0 Å². The molecule has 2 atom stereocenters. The Morgan fingerprint density at radius 2 is 1.96 bits per heavy atom. The summed E-state index contributed by atoms with van der Waals surface area (Å²) in [6.07, 6.45) is 0.980. The second-order valence-electron chi connectivity index (χ2n) is 6.51. The van der Waals surface area contributed by atoms with Gasteiger partial charge in [-0.15, -0.1) is 11.3 Å². The van der Waals surface area contributed by atoms with Crippen LogP contribution in [0.25, 0.3) is 0 Å². The van der Waals surface area contributed by atoms with E-state index in [2.05, 4.69) is 16.3 Å². The van der Waals surface area contributed by atoms with Crippen molar-refractivity contribution in [3.05, 3.63) is 81.4 Å². The van der Waals surface area contributed by atoms with Crippen LogP contribution in [0.5, 0.6) is 0 Å². The summed E-state index contributed by atoms with van der Waals surface area (Å²) < 4.78 is 11.3. The van der Waals surface area contributed by atoms with Crippen LogP contribution < -0.4 is 0 Å². The molecule has 0 radical (unpaired) electrons. The Hall–Kier alpha value is -1.63. The minimum absolute atomic E-state index is 0.104. The Labute approximate surface area is 169 Å². The zero-order valence-corrected chi connectivity index (χ0v) is 16.8. The maximum absolute atomic E-state index is 10.5. The highest BCUT2D eigenvalue weighted by Crippen LogP contribution is 2.20. The molecule has 2 heterocycles. The summed E-state index contributed by atoms with van der Waals surface area (Å²) in [5.74, 6) is 0.884. The summed E-state index contributed by atoms with van der Waals surface area (Å²) in [5.41, 5.74) is 1.04. The van der Waals surface area contributed by atoms with Gasteiger partial charge in [-0.2, -0.15) is 0 Å². The van der Waals surface area contributed by atoms with E-state index in [0.717, 1.165) is 17.9 Å². The molecule has 4 nitrogen and oxygen atoms in total. The molecule has 0 fully saturated rings. The number of hydrogen-bond donors (Lipinski definition) is 1. The molecule has 2 unspecified atom stereocenters. The number of benzene rings is 1. The van der Waals surface area contributed by atoms with Gasteiger partial charge in [0, 0.05) is 23.0 Å². The van der Waals surface area contributed by atoms with Gasteiger partial charge in [-0.3, -0.25) is 4.90 Å². The summed E-state index contributed by atoms with van der Waals surface area (Å²) in [4.78, 5) is 3.43. The highest BCUT2D eigenvalue weighted by Gasteiger charge is 2.16. The van der Waals surface area contributed by atoms with E-state index in [1.807, 2.05) is 49.4 Å². The second kappa shape index (κ2) is 10.1. The molecule has 27 heavy (non-hydrogen) atoms. The van der Waals surface area contributed by atoms with Crippen LogP contribution in [-0.2, 0) is 17.8 Å². The molecule has 2 aromatic heterocycles. The van der Waals surface area contributed by atoms with Crippen LogP contribution in [0.1, 0.15) is 29.2 Å². The van der Waals surface area contributed by atoms with E-state index in [0.29, 0.717) is 18.1 Å². The van der Waals surface area contributed by atoms with Gasteiger partial charge in [0.25, 0.3) is 0 Å². The van der Waals surface area contributed by atoms with Crippen molar-refractivity contribution in [2.24, 2.45) is 0 Å². The number of rotatable bonds is 10. The van der Waals surface area contributed by atoms with Crippen molar-refractivity contribution < 1.29 is 14.3 Å². The van der Waals surface area contributed by atoms with Gasteiger partial charge >= 0.3 is 0 Å². The van der Waals surface area contributed by atoms with Gasteiger partial charge in [0.2, 0.25) is 0 Å². The number of thiophene rings is 1. The number of aliphatic hydroxyl groups excluding tert-OH is 1. The van der Waals surface area contributed by atoms with Crippen LogP contribution in [-0.4, -0.2) is 29.3 Å². The third kappa shape index (κ3) is 6.48. The molecule has 3 aromatic rings. The molecule has 0 aliphatic carbocycles. The van der Waals surface area contributed by atoms with Crippen molar-refractivity contribution in [2.45, 2.75) is 32.2 Å². The zero-order chi connectivity index (χ0) is 19.1. The molecule has 0 spiro atoms. The van der Waals surface area contributed by atoms with Crippen LogP contribution in [0.15, 0.2) is 64.6 Å². The van der Waals surface area contributed by atoms with E-state index in [4.69, 9.17) is 20.8 Å². The van der Waals surface area contributed by atoms with Crippen LogP contribution >= 0.6 is 22.9 Å². The topological polar surface area (TPSA) is 45.8 Å². The Kier molecular flexibility index (Phi) is 7.50. The largest absolute Gasteiger partial charge is 0.468 e. The molecule has 6 heteroatoms. The van der Waals surface area contributed by atoms with Crippen molar-refractivity contribution in [2.75, 3.05) is 13.2 Å². The molecule has 1 N–H and O–H groups in total. The van der Waals surface area contributed by atoms with Gasteiger partial charge < -0.3 is 14.3 Å². The van der Waals surface area contributed by atoms with Crippen LogP contribution in [0.3, 0.4) is 0 Å². The van der Waals surface area contributed by atoms with Crippen molar-refractivity contribution in [3.8, 4) is 0 Å². The first-order chi connectivity index (χ1) is 13.1. The maximum atomic E-state index is 10.5. The summed E-state index contributed by atoms with van der Waals surface area (Å²) in [7, 11) is 0. The molecule has 0 aliphatic rings. The Morgan fingerprint density at radius 3 is 2.63 bits per heavy atom. The Balaban J connectivity index is 1.53. The van der Waals surface area contributed by atoms with E-state index in [1.165, 1.54) is 4.88 Å². The lowest BCUT2D eigenvalue weighted by Crippen LogP contribution is -2.34. The van der Waals surface area contributed by atoms with E-state index >= 15 is 0 Å². The van der Waals surface area contributed by atoms with Gasteiger partial charge in [0.05, 0.1) is 31.6 Å². The number of halogens is 1. The summed E-state index contributed by atoms with van der Waals surface area (Å²) in [6, 6.07) is 15.6. The standard InChI is InChI=1S/C21H24ClNO3S/c1-16(17-6-8-18(22)9-7-17)26-15-19(24)12-23(13-20-4-2-10-25-20)14-21-5-3-11-27-21/h2-11,16,19,24H,12-15H2,1H3. The van der Waals surface area contributed by atoms with Gasteiger partial charge in [0.1, 0.15) is 5.76 Å². The predicted octanol–water partition coefficient (Wildman–Crippen LogP) is 5.14. The Bertz CT molecular complexity index is 738. The molecule has 0 bridgehead atoms. The monoisotopic (exact) mass is 405 g/mol. The van der Waals surface area contributed by atoms with Crippen molar-refractivity contribution in [3.63, 3.8) is 0 Å². The molecule has 3 rings (SSSR count). The fourth-order valence-electron chi connectivity index (χ4n) is 2.87. The average Bonchev–Trinajstić information content (AvgIpc) is 3.34. The normalized spacial score (nSPS) is 13.8. The SMILES string of the molecule is CC(OCC(O)CN(Cc1ccco1)Cc1cccs1)c1ccc(Cl)cc1. The lowest BCUT2D eigenvalue weighted by molar-refractivity contribution is -0.0182. The lowest BCUT2D eigenvalue weighted by Gasteiger charge is -2.24. The second-order valence-corrected chi connectivity index (χ2v) is 7.98. The average molecular weight is 406 g/mol. The van der Waals surface area contributed by atoms with Crippen LogP contribution in [0, 0.1) is 0 Å². The van der Waals surface area contributed by atoms with Crippen LogP contribution in [0.2, 0.25) is 5.02 Å². The van der Waals surface area contributed by atoms with E-state index in [-0.39, 0.29) is 12.7 Å². The lowest BCUT2D eigenvalue weighted by atomic mass is 10.1. The first-order valence-electron chi connectivity index (χ1n) is 8.92. The summed E-state index contributed by atoms with van der Waals surface area (Å²) >= 11 is 7.64. The number of ether oxygens (including phenoxy) is 1. The molecule has 1 aromatic carbocycles. The number of hydrogen-bond acceptors (Lipinski definition) is 5. The van der Waals surface area contributed by atoms with Crippen LogP contribution in [0.4, 0.5) is 0 Å². The van der Waals surface area contributed by atoms with Gasteiger partial charge in [-0.25, -0.2) is 0 Å². The van der Waals surface area contributed by atoms with Gasteiger partial charge in [0.15, 0.2) is 0 Å². The van der Waals surface area contributed by atoms with E-state index < -0.39 is 6.10 Å². The number of aliphatic hydroxyl groups is 1. The first kappa shape index (κ1) is 20.1. The summed E-state index contributed by atoms with van der Waals surface area (Å²) in [5, 5.41) is 13.3.